The number of hydrogen-bond donors (Lipinski definition) is 0. The fourth-order valence-corrected chi connectivity index (χ4v) is 4.84. The standard InChI is InChI=1S/C18H26N4O/c1-4-23-16-12-15(18(16)7-5-6-8-18)21(3)17-14-11-13(2)20-22(14)10-9-19-17/h9-11,15-16H,4-8,12H2,1-3H3. The van der Waals surface area contributed by atoms with E-state index in [9.17, 15) is 0 Å². The number of anilines is 1. The Hall–Kier alpha value is -1.62. The van der Waals surface area contributed by atoms with Gasteiger partial charge in [0.25, 0.3) is 0 Å². The van der Waals surface area contributed by atoms with Crippen molar-refractivity contribution in [1.29, 1.82) is 0 Å². The van der Waals surface area contributed by atoms with Gasteiger partial charge in [0.1, 0.15) is 5.52 Å². The van der Waals surface area contributed by atoms with Crippen molar-refractivity contribution in [3.8, 4) is 0 Å². The molecular weight excluding hydrogens is 288 g/mol. The van der Waals surface area contributed by atoms with E-state index in [0.717, 1.165) is 30.1 Å². The molecule has 0 saturated heterocycles. The summed E-state index contributed by atoms with van der Waals surface area (Å²) in [5.74, 6) is 1.04. The molecule has 0 radical (unpaired) electrons. The SMILES string of the molecule is CCOC1CC(N(C)c2nccn3nc(C)cc23)C12CCCC2. The summed E-state index contributed by atoms with van der Waals surface area (Å²) in [4.78, 5) is 7.06. The van der Waals surface area contributed by atoms with E-state index >= 15 is 0 Å². The first-order chi connectivity index (χ1) is 11.2. The molecule has 23 heavy (non-hydrogen) atoms. The predicted octanol–water partition coefficient (Wildman–Crippen LogP) is 3.21. The van der Waals surface area contributed by atoms with Crippen LogP contribution in [0.15, 0.2) is 18.5 Å². The highest BCUT2D eigenvalue weighted by atomic mass is 16.5. The molecule has 2 saturated carbocycles. The van der Waals surface area contributed by atoms with Crippen LogP contribution < -0.4 is 4.90 Å². The summed E-state index contributed by atoms with van der Waals surface area (Å²) in [6.07, 6.45) is 10.5. The Labute approximate surface area is 137 Å². The minimum atomic E-state index is 0.328. The maximum absolute atomic E-state index is 6.06. The molecule has 124 valence electrons. The Morgan fingerprint density at radius 3 is 2.91 bits per heavy atom. The van der Waals surface area contributed by atoms with E-state index in [1.54, 1.807) is 0 Å². The second kappa shape index (κ2) is 5.48. The maximum Gasteiger partial charge on any atom is 0.154 e. The molecule has 1 spiro atoms. The van der Waals surface area contributed by atoms with Crippen LogP contribution >= 0.6 is 0 Å². The van der Waals surface area contributed by atoms with E-state index in [1.165, 1.54) is 25.7 Å². The van der Waals surface area contributed by atoms with Crippen LogP contribution in [0.1, 0.15) is 44.7 Å². The van der Waals surface area contributed by atoms with Gasteiger partial charge in [-0.1, -0.05) is 12.8 Å². The summed E-state index contributed by atoms with van der Waals surface area (Å²) in [6, 6.07) is 2.65. The Morgan fingerprint density at radius 2 is 2.17 bits per heavy atom. The Kier molecular flexibility index (Phi) is 3.56. The van der Waals surface area contributed by atoms with E-state index in [-0.39, 0.29) is 0 Å². The quantitative estimate of drug-likeness (QED) is 0.869. The van der Waals surface area contributed by atoms with E-state index in [2.05, 4.69) is 35.0 Å². The second-order valence-electron chi connectivity index (χ2n) is 7.11. The topological polar surface area (TPSA) is 42.7 Å². The molecule has 0 N–H and O–H groups in total. The van der Waals surface area contributed by atoms with Crippen LogP contribution in [0.2, 0.25) is 0 Å². The van der Waals surface area contributed by atoms with Crippen LogP contribution in [0.5, 0.6) is 0 Å². The number of aromatic nitrogens is 3. The number of nitrogens with zero attached hydrogens (tertiary/aromatic N) is 4. The number of aryl methyl sites for hydroxylation is 1. The average Bonchev–Trinajstić information content (AvgIpc) is 3.17. The predicted molar refractivity (Wildman–Crippen MR) is 90.8 cm³/mol. The van der Waals surface area contributed by atoms with Crippen LogP contribution in [0.4, 0.5) is 5.82 Å². The summed E-state index contributed by atoms with van der Waals surface area (Å²) in [5.41, 5.74) is 2.46. The normalized spacial score (nSPS) is 25.9. The van der Waals surface area contributed by atoms with Gasteiger partial charge in [-0.15, -0.1) is 0 Å². The Balaban J connectivity index is 1.67. The van der Waals surface area contributed by atoms with Crippen LogP contribution in [0.25, 0.3) is 5.52 Å². The van der Waals surface area contributed by atoms with Gasteiger partial charge in [0.2, 0.25) is 0 Å². The van der Waals surface area contributed by atoms with E-state index in [0.29, 0.717) is 17.6 Å². The molecular formula is C18H26N4O. The van der Waals surface area contributed by atoms with Gasteiger partial charge >= 0.3 is 0 Å². The Morgan fingerprint density at radius 1 is 1.39 bits per heavy atom. The maximum atomic E-state index is 6.06. The highest BCUT2D eigenvalue weighted by Gasteiger charge is 2.58. The summed E-state index contributed by atoms with van der Waals surface area (Å²) >= 11 is 0. The molecule has 2 aliphatic carbocycles. The lowest BCUT2D eigenvalue weighted by Crippen LogP contribution is -2.63. The van der Waals surface area contributed by atoms with Crippen LogP contribution in [-0.2, 0) is 4.74 Å². The van der Waals surface area contributed by atoms with Gasteiger partial charge in [-0.05, 0) is 39.2 Å². The lowest BCUT2D eigenvalue weighted by Gasteiger charge is -2.57. The number of rotatable bonds is 4. The number of hydrogen-bond acceptors (Lipinski definition) is 4. The summed E-state index contributed by atoms with van der Waals surface area (Å²) in [6.45, 7) is 4.96. The zero-order valence-electron chi connectivity index (χ0n) is 14.3. The highest BCUT2D eigenvalue weighted by Crippen LogP contribution is 2.57. The number of ether oxygens (including phenoxy) is 1. The molecule has 0 amide bonds. The molecule has 2 heterocycles. The van der Waals surface area contributed by atoms with Crippen molar-refractivity contribution >= 4 is 11.3 Å². The fourth-order valence-electron chi connectivity index (χ4n) is 4.84. The fraction of sp³-hybridized carbons (Fsp3) is 0.667. The van der Waals surface area contributed by atoms with Crippen molar-refractivity contribution in [1.82, 2.24) is 14.6 Å². The molecule has 2 unspecified atom stereocenters. The first-order valence-corrected chi connectivity index (χ1v) is 8.81. The largest absolute Gasteiger partial charge is 0.378 e. The van der Waals surface area contributed by atoms with Gasteiger partial charge in [0.15, 0.2) is 5.82 Å². The average molecular weight is 314 g/mol. The van der Waals surface area contributed by atoms with Crippen LogP contribution in [-0.4, -0.2) is 40.4 Å². The molecule has 0 aromatic carbocycles. The van der Waals surface area contributed by atoms with Crippen molar-refractivity contribution < 1.29 is 4.74 Å². The summed E-state index contributed by atoms with van der Waals surface area (Å²) in [7, 11) is 2.19. The van der Waals surface area contributed by atoms with Crippen molar-refractivity contribution in [2.24, 2.45) is 5.41 Å². The molecule has 2 fully saturated rings. The number of fused-ring (bicyclic) bond motifs is 1. The molecule has 5 nitrogen and oxygen atoms in total. The first-order valence-electron chi connectivity index (χ1n) is 8.81. The van der Waals surface area contributed by atoms with Crippen molar-refractivity contribution in [3.63, 3.8) is 0 Å². The van der Waals surface area contributed by atoms with Crippen molar-refractivity contribution in [3.05, 3.63) is 24.2 Å². The molecule has 2 aliphatic rings. The third kappa shape index (κ3) is 2.17. The molecule has 0 aliphatic heterocycles. The Bertz CT molecular complexity index is 704. The third-order valence-electron chi connectivity index (χ3n) is 5.94. The lowest BCUT2D eigenvalue weighted by molar-refractivity contribution is -0.121. The summed E-state index contributed by atoms with van der Waals surface area (Å²) < 4.78 is 8.00. The zero-order chi connectivity index (χ0) is 16.0. The molecule has 2 aromatic heterocycles. The monoisotopic (exact) mass is 314 g/mol. The van der Waals surface area contributed by atoms with E-state index in [1.807, 2.05) is 23.8 Å². The van der Waals surface area contributed by atoms with Gasteiger partial charge in [-0.3, -0.25) is 0 Å². The van der Waals surface area contributed by atoms with Gasteiger partial charge in [0.05, 0.1) is 11.8 Å². The minimum Gasteiger partial charge on any atom is -0.378 e. The van der Waals surface area contributed by atoms with Gasteiger partial charge < -0.3 is 9.64 Å². The zero-order valence-corrected chi connectivity index (χ0v) is 14.3. The molecule has 2 aromatic rings. The second-order valence-corrected chi connectivity index (χ2v) is 7.11. The first kappa shape index (κ1) is 14.9. The van der Waals surface area contributed by atoms with Gasteiger partial charge in [0, 0.05) is 37.5 Å². The third-order valence-corrected chi connectivity index (χ3v) is 5.94. The van der Waals surface area contributed by atoms with E-state index in [4.69, 9.17) is 4.74 Å². The molecule has 5 heteroatoms. The van der Waals surface area contributed by atoms with Crippen molar-refractivity contribution in [2.45, 2.75) is 58.1 Å². The lowest BCUT2D eigenvalue weighted by atomic mass is 9.60. The molecule has 0 bridgehead atoms. The van der Waals surface area contributed by atoms with Crippen molar-refractivity contribution in [2.75, 3.05) is 18.6 Å². The van der Waals surface area contributed by atoms with Crippen LogP contribution in [0, 0.1) is 12.3 Å². The summed E-state index contributed by atoms with van der Waals surface area (Å²) in [5, 5.41) is 4.52. The minimum absolute atomic E-state index is 0.328. The van der Waals surface area contributed by atoms with Gasteiger partial charge in [-0.25, -0.2) is 9.50 Å². The van der Waals surface area contributed by atoms with Crippen LogP contribution in [0.3, 0.4) is 0 Å². The molecule has 2 atom stereocenters. The van der Waals surface area contributed by atoms with E-state index < -0.39 is 0 Å². The molecule has 4 rings (SSSR count). The van der Waals surface area contributed by atoms with Gasteiger partial charge in [-0.2, -0.15) is 5.10 Å². The highest BCUT2D eigenvalue weighted by molar-refractivity contribution is 5.69. The smallest absolute Gasteiger partial charge is 0.154 e.